The van der Waals surface area contributed by atoms with Crippen LogP contribution >= 0.6 is 11.8 Å². The Balaban J connectivity index is 1.12. The van der Waals surface area contributed by atoms with Crippen LogP contribution < -0.4 is 20.1 Å². The lowest BCUT2D eigenvalue weighted by molar-refractivity contribution is -0.125. The van der Waals surface area contributed by atoms with Crippen LogP contribution in [0.5, 0.6) is 11.5 Å². The molecule has 0 radical (unpaired) electrons. The van der Waals surface area contributed by atoms with Gasteiger partial charge in [-0.15, -0.1) is 0 Å². The van der Waals surface area contributed by atoms with E-state index in [9.17, 15) is 14.4 Å². The number of carbonyl (C=O) groups excluding carboxylic acids is 3. The summed E-state index contributed by atoms with van der Waals surface area (Å²) in [5.41, 5.74) is 3.16. The molecular weight excluding hydrogens is 566 g/mol. The number of carbonyl (C=O) groups is 3. The summed E-state index contributed by atoms with van der Waals surface area (Å²) in [6.45, 7) is 2.58. The van der Waals surface area contributed by atoms with Gasteiger partial charge in [-0.25, -0.2) is 9.89 Å². The Labute approximate surface area is 253 Å². The second-order valence-corrected chi connectivity index (χ2v) is 11.4. The molecule has 0 saturated carbocycles. The highest BCUT2D eigenvalue weighted by molar-refractivity contribution is 8.15. The topological polar surface area (TPSA) is 122 Å². The summed E-state index contributed by atoms with van der Waals surface area (Å²) >= 11 is 1.22. The molecule has 0 aromatic heterocycles. The van der Waals surface area contributed by atoms with Gasteiger partial charge in [-0.2, -0.15) is 0 Å². The molecule has 0 bridgehead atoms. The molecule has 3 aromatic carbocycles. The number of nitrogens with one attached hydrogen (secondary N) is 2. The van der Waals surface area contributed by atoms with Crippen LogP contribution in [0.3, 0.4) is 0 Å². The number of benzene rings is 3. The van der Waals surface area contributed by atoms with E-state index in [1.165, 1.54) is 16.7 Å². The van der Waals surface area contributed by atoms with Gasteiger partial charge in [0.1, 0.15) is 11.9 Å². The molecule has 3 aliphatic heterocycles. The van der Waals surface area contributed by atoms with Crippen LogP contribution in [0.1, 0.15) is 37.3 Å². The molecule has 2 N–H and O–H groups in total. The molecule has 0 fully saturated rings. The van der Waals surface area contributed by atoms with Crippen LogP contribution in [0, 0.1) is 0 Å². The average Bonchev–Trinajstić information content (AvgIpc) is 3.63. The number of fused-ring (bicyclic) bond motifs is 4. The van der Waals surface area contributed by atoms with E-state index in [0.29, 0.717) is 46.8 Å². The zero-order valence-corrected chi connectivity index (χ0v) is 24.4. The van der Waals surface area contributed by atoms with Gasteiger partial charge in [0.25, 0.3) is 5.91 Å². The highest BCUT2D eigenvalue weighted by Gasteiger charge is 2.42. The van der Waals surface area contributed by atoms with Crippen molar-refractivity contribution in [2.24, 2.45) is 9.98 Å². The summed E-state index contributed by atoms with van der Waals surface area (Å²) in [4.78, 5) is 50.6. The Bertz CT molecular complexity index is 1610. The number of hydrogen-bond acceptors (Lipinski definition) is 8. The maximum Gasteiger partial charge on any atom is 0.259 e. The van der Waals surface area contributed by atoms with E-state index in [-0.39, 0.29) is 37.4 Å². The molecule has 0 unspecified atom stereocenters. The third-order valence-electron chi connectivity index (χ3n) is 7.32. The molecule has 3 aliphatic rings. The molecular formula is C32H31N5O5S. The van der Waals surface area contributed by atoms with Gasteiger partial charge in [0.15, 0.2) is 16.7 Å². The molecule has 43 heavy (non-hydrogen) atoms. The lowest BCUT2D eigenvalue weighted by Crippen LogP contribution is -2.42. The fourth-order valence-electron chi connectivity index (χ4n) is 5.06. The fourth-order valence-corrected chi connectivity index (χ4v) is 6.08. The first-order chi connectivity index (χ1) is 21.0. The number of aliphatic imine (C=N–C) groups is 2. The summed E-state index contributed by atoms with van der Waals surface area (Å²) < 4.78 is 10.8. The minimum Gasteiger partial charge on any atom is -0.454 e. The SMILES string of the molecule is CC[C@@H](SC1=Nc2ccccc2C2=N[C@H](CCC(=O)NCCc3ccccc3)C(=O)N12)C(=O)Nc1ccc2c(c1)OCO2. The van der Waals surface area contributed by atoms with E-state index in [4.69, 9.17) is 19.5 Å². The maximum atomic E-state index is 13.7. The number of para-hydroxylation sites is 1. The number of hydrogen-bond donors (Lipinski definition) is 2. The molecule has 220 valence electrons. The molecule has 0 spiro atoms. The predicted octanol–water partition coefficient (Wildman–Crippen LogP) is 4.66. The predicted molar refractivity (Wildman–Crippen MR) is 166 cm³/mol. The molecule has 0 aliphatic carbocycles. The van der Waals surface area contributed by atoms with E-state index in [1.54, 1.807) is 18.2 Å². The number of ether oxygens (including phenoxy) is 2. The Morgan fingerprint density at radius 1 is 1.05 bits per heavy atom. The number of thioether (sulfide) groups is 1. The van der Waals surface area contributed by atoms with E-state index in [1.807, 2.05) is 61.5 Å². The first-order valence-corrected chi connectivity index (χ1v) is 15.2. The zero-order chi connectivity index (χ0) is 29.8. The minimum atomic E-state index is -0.714. The second-order valence-electron chi connectivity index (χ2n) is 10.2. The number of rotatable bonds is 10. The Morgan fingerprint density at radius 3 is 2.67 bits per heavy atom. The highest BCUT2D eigenvalue weighted by atomic mass is 32.2. The number of nitrogens with zero attached hydrogens (tertiary/aromatic N) is 3. The van der Waals surface area contributed by atoms with Crippen LogP contribution in [0.25, 0.3) is 0 Å². The monoisotopic (exact) mass is 597 g/mol. The fraction of sp³-hybridized carbons (Fsp3) is 0.281. The molecule has 0 saturated heterocycles. The van der Waals surface area contributed by atoms with Gasteiger partial charge in [-0.1, -0.05) is 61.2 Å². The van der Waals surface area contributed by atoms with Crippen molar-refractivity contribution >= 4 is 51.9 Å². The van der Waals surface area contributed by atoms with Crippen LogP contribution in [0.2, 0.25) is 0 Å². The standard InChI is InChI=1S/C32H31N5O5S/c1-2-27(30(39)34-21-12-14-25-26(18-21)42-19-41-25)43-32-36-23-11-7-6-10-22(23)29-35-24(31(40)37(29)32)13-15-28(38)33-17-16-20-8-4-3-5-9-20/h3-12,14,18,24,27H,2,13,15-17,19H2,1H3,(H,33,38)(H,34,39)/t24-,27-/m1/s1. The van der Waals surface area contributed by atoms with Crippen LogP contribution in [0.15, 0.2) is 82.8 Å². The Hall–Kier alpha value is -4.64. The van der Waals surface area contributed by atoms with Crippen LogP contribution in [-0.2, 0) is 20.8 Å². The lowest BCUT2D eigenvalue weighted by Gasteiger charge is -2.27. The summed E-state index contributed by atoms with van der Waals surface area (Å²) in [6.07, 6.45) is 1.69. The molecule has 11 heteroatoms. The molecule has 10 nitrogen and oxygen atoms in total. The second kappa shape index (κ2) is 12.7. The van der Waals surface area contributed by atoms with E-state index in [2.05, 4.69) is 10.6 Å². The van der Waals surface area contributed by atoms with Crippen molar-refractivity contribution in [3.05, 3.63) is 83.9 Å². The Morgan fingerprint density at radius 2 is 1.84 bits per heavy atom. The summed E-state index contributed by atoms with van der Waals surface area (Å²) in [6, 6.07) is 22.0. The quantitative estimate of drug-likeness (QED) is 0.351. The van der Waals surface area contributed by atoms with Gasteiger partial charge in [-0.3, -0.25) is 19.4 Å². The van der Waals surface area contributed by atoms with Crippen molar-refractivity contribution in [1.82, 2.24) is 10.2 Å². The van der Waals surface area contributed by atoms with Gasteiger partial charge in [-0.05, 0) is 49.1 Å². The lowest BCUT2D eigenvalue weighted by atomic mass is 10.1. The van der Waals surface area contributed by atoms with Gasteiger partial charge in [0.05, 0.1) is 10.9 Å². The van der Waals surface area contributed by atoms with Crippen LogP contribution in [-0.4, -0.2) is 58.3 Å². The number of anilines is 1. The third-order valence-corrected chi connectivity index (χ3v) is 8.64. The largest absolute Gasteiger partial charge is 0.454 e. The number of amidine groups is 2. The first-order valence-electron chi connectivity index (χ1n) is 14.3. The van der Waals surface area contributed by atoms with E-state index >= 15 is 0 Å². The van der Waals surface area contributed by atoms with Gasteiger partial charge < -0.3 is 20.1 Å². The van der Waals surface area contributed by atoms with Crippen molar-refractivity contribution in [2.45, 2.75) is 43.9 Å². The van der Waals surface area contributed by atoms with Crippen molar-refractivity contribution in [2.75, 3.05) is 18.7 Å². The highest BCUT2D eigenvalue weighted by Crippen LogP contribution is 2.37. The maximum absolute atomic E-state index is 13.7. The van der Waals surface area contributed by atoms with Crippen molar-refractivity contribution < 1.29 is 23.9 Å². The minimum absolute atomic E-state index is 0.122. The Kier molecular flexibility index (Phi) is 8.41. The summed E-state index contributed by atoms with van der Waals surface area (Å²) in [5, 5.41) is 5.74. The van der Waals surface area contributed by atoms with Crippen molar-refractivity contribution in [3.8, 4) is 11.5 Å². The van der Waals surface area contributed by atoms with E-state index < -0.39 is 11.3 Å². The summed E-state index contributed by atoms with van der Waals surface area (Å²) in [5.74, 6) is 1.11. The van der Waals surface area contributed by atoms with Crippen LogP contribution in [0.4, 0.5) is 11.4 Å². The number of amides is 3. The smallest absolute Gasteiger partial charge is 0.259 e. The molecule has 3 heterocycles. The van der Waals surface area contributed by atoms with Gasteiger partial charge in [0.2, 0.25) is 18.6 Å². The molecule has 3 aromatic rings. The summed E-state index contributed by atoms with van der Waals surface area (Å²) in [7, 11) is 0. The molecule has 2 atom stereocenters. The van der Waals surface area contributed by atoms with Gasteiger partial charge >= 0.3 is 0 Å². The van der Waals surface area contributed by atoms with Crippen molar-refractivity contribution in [1.29, 1.82) is 0 Å². The van der Waals surface area contributed by atoms with Crippen molar-refractivity contribution in [3.63, 3.8) is 0 Å². The normalized spacial score (nSPS) is 17.0. The first kappa shape index (κ1) is 28.5. The van der Waals surface area contributed by atoms with E-state index in [0.717, 1.165) is 17.5 Å². The zero-order valence-electron chi connectivity index (χ0n) is 23.6. The van der Waals surface area contributed by atoms with Gasteiger partial charge in [0, 0.05) is 30.3 Å². The average molecular weight is 598 g/mol. The third kappa shape index (κ3) is 6.26. The molecule has 6 rings (SSSR count). The molecule has 3 amide bonds.